The summed E-state index contributed by atoms with van der Waals surface area (Å²) in [5, 5.41) is 5.05. The number of carbonyl (C=O) groups excluding carboxylic acids is 1. The molecule has 188 valence electrons. The van der Waals surface area contributed by atoms with E-state index in [4.69, 9.17) is 20.2 Å². The molecule has 1 aliphatic carbocycles. The van der Waals surface area contributed by atoms with Gasteiger partial charge < -0.3 is 13.5 Å². The van der Waals surface area contributed by atoms with Crippen LogP contribution in [0.2, 0.25) is 0 Å². The Morgan fingerprint density at radius 2 is 2.21 bits per heavy atom. The normalized spacial score (nSPS) is 26.4. The van der Waals surface area contributed by atoms with Crippen LogP contribution in [0.1, 0.15) is 51.9 Å². The van der Waals surface area contributed by atoms with Crippen LogP contribution in [-0.2, 0) is 23.2 Å². The second-order valence-electron chi connectivity index (χ2n) is 7.92. The maximum Gasteiger partial charge on any atom is 0.233 e. The minimum absolute atomic E-state index is 0.0669. The standard InChI is InChI=1S/C21H39B2NO6S3/c1-3-8-16(29-31-14-22)11-12-18-17(19(25)13-20(18)30-32-15-23)9-6-4-5-7-10-21(26)24-33(2,27)28/h4,6,11-12,16-20,25H,3,5,7-10,13-15,22-23H2,1-2H3,(H,24,26)/b6-4+,12-11+/t16-,17+,18+,19-,20+/m0/s1/i22TD,23TD,25T. The van der Waals surface area contributed by atoms with Crippen molar-refractivity contribution in [3.05, 3.63) is 24.3 Å². The lowest BCUT2D eigenvalue weighted by Crippen LogP contribution is -2.28. The van der Waals surface area contributed by atoms with Crippen molar-refractivity contribution in [2.75, 3.05) is 17.6 Å². The summed E-state index contributed by atoms with van der Waals surface area (Å²) in [5.41, 5.74) is 0.454. The van der Waals surface area contributed by atoms with Crippen molar-refractivity contribution in [3.63, 3.8) is 0 Å². The Bertz CT molecular complexity index is 844. The van der Waals surface area contributed by atoms with Crippen molar-refractivity contribution in [2.45, 2.75) is 70.2 Å². The molecule has 2 N–H and O–H groups in total. The molecule has 12 heteroatoms. The first-order valence-electron chi connectivity index (χ1n) is 13.9. The third kappa shape index (κ3) is 13.3. The molecule has 7 nitrogen and oxygen atoms in total. The fourth-order valence-corrected chi connectivity index (χ4v) is 5.13. The van der Waals surface area contributed by atoms with Gasteiger partial charge in [-0.05, 0) is 72.3 Å². The Morgan fingerprint density at radius 1 is 1.42 bits per heavy atom. The molecule has 0 aliphatic heterocycles. The van der Waals surface area contributed by atoms with Crippen molar-refractivity contribution in [3.8, 4) is 0 Å². The highest BCUT2D eigenvalue weighted by atomic mass is 32.2. The van der Waals surface area contributed by atoms with Gasteiger partial charge in [-0.1, -0.05) is 37.6 Å². The molecule has 33 heavy (non-hydrogen) atoms. The summed E-state index contributed by atoms with van der Waals surface area (Å²) in [7, 11) is -5.52. The van der Waals surface area contributed by atoms with Crippen molar-refractivity contribution in [1.29, 1.82) is 6.77 Å². The zero-order chi connectivity index (χ0) is 28.6. The van der Waals surface area contributed by atoms with Gasteiger partial charge in [0.05, 0.1) is 24.6 Å². The Hall–Kier alpha value is -0.390. The van der Waals surface area contributed by atoms with E-state index in [2.05, 4.69) is 0 Å². The second-order valence-corrected chi connectivity index (χ2v) is 11.2. The van der Waals surface area contributed by atoms with Crippen LogP contribution < -0.4 is 4.72 Å². The molecule has 1 aliphatic rings. The minimum atomic E-state index is -3.56. The number of allylic oxidation sites excluding steroid dienone is 2. The van der Waals surface area contributed by atoms with Crippen molar-refractivity contribution < 1.29 is 26.7 Å². The van der Waals surface area contributed by atoms with Crippen LogP contribution in [0, 0.1) is 11.8 Å². The van der Waals surface area contributed by atoms with Gasteiger partial charge in [0.1, 0.15) is 15.5 Å². The van der Waals surface area contributed by atoms with E-state index >= 15 is 0 Å². The number of carbonyl (C=O) groups is 1. The lowest BCUT2D eigenvalue weighted by atomic mass is 9.89. The fourth-order valence-electron chi connectivity index (χ4n) is 3.74. The van der Waals surface area contributed by atoms with Gasteiger partial charge in [0.2, 0.25) is 17.4 Å². The molecule has 0 aromatic rings. The zero-order valence-corrected chi connectivity index (χ0v) is 21.8. The molecule has 1 rings (SSSR count). The van der Waals surface area contributed by atoms with Crippen LogP contribution in [0.5, 0.6) is 0 Å². The summed E-state index contributed by atoms with van der Waals surface area (Å²) in [5.74, 6) is -0.707. The van der Waals surface area contributed by atoms with E-state index in [-0.39, 0.29) is 47.9 Å². The Labute approximate surface area is 217 Å². The SMILES string of the molecule is [2H]B([3H])CSO[C@H](/C=C/[C@@H]1[C@@H](C/C=C/CCCC(=O)NS(C)(=O)=O)[C@@H](O[3H])C[C@H]1OSCB([2H])[3H])CCC. The van der Waals surface area contributed by atoms with Gasteiger partial charge in [-0.15, -0.1) is 0 Å². The van der Waals surface area contributed by atoms with Crippen LogP contribution in [0.3, 0.4) is 0 Å². The number of amides is 1. The van der Waals surface area contributed by atoms with Gasteiger partial charge in [-0.25, -0.2) is 8.42 Å². The first-order valence-corrected chi connectivity index (χ1v) is 14.9. The van der Waals surface area contributed by atoms with E-state index in [0.717, 1.165) is 43.2 Å². The first-order chi connectivity index (χ1) is 18.0. The number of nitrogens with one attached hydrogen (secondary N) is 1. The van der Waals surface area contributed by atoms with Crippen molar-refractivity contribution >= 4 is 55.6 Å². The van der Waals surface area contributed by atoms with E-state index in [0.29, 0.717) is 25.7 Å². The summed E-state index contributed by atoms with van der Waals surface area (Å²) < 4.78 is 73.0. The maximum absolute atomic E-state index is 11.6. The zero-order valence-electron chi connectivity index (χ0n) is 24.4. The molecule has 0 bridgehead atoms. The van der Waals surface area contributed by atoms with Crippen LogP contribution in [0.25, 0.3) is 0 Å². The predicted molar refractivity (Wildman–Crippen MR) is 144 cm³/mol. The number of rotatable bonds is 20. The molecule has 0 saturated heterocycles. The Balaban J connectivity index is 2.85. The molecule has 0 unspecified atom stereocenters. The molecule has 0 aromatic heterocycles. The van der Waals surface area contributed by atoms with Gasteiger partial charge in [0.25, 0.3) is 0 Å². The number of aliphatic hydroxyl groups is 1. The molecule has 5 atom stereocenters. The van der Waals surface area contributed by atoms with Gasteiger partial charge in [-0.3, -0.25) is 9.52 Å². The average Bonchev–Trinajstić information content (AvgIpc) is 3.14. The van der Waals surface area contributed by atoms with Crippen LogP contribution in [-0.4, -0.2) is 77.6 Å². The smallest absolute Gasteiger partial charge is 0.233 e. The van der Waals surface area contributed by atoms with E-state index in [1.165, 1.54) is 0 Å². The molecule has 0 spiro atoms. The number of hydrogen-bond donors (Lipinski definition) is 2. The van der Waals surface area contributed by atoms with Gasteiger partial charge in [0.15, 0.2) is 0 Å². The van der Waals surface area contributed by atoms with Gasteiger partial charge in [0, 0.05) is 18.8 Å². The lowest BCUT2D eigenvalue weighted by Gasteiger charge is -2.22. The number of hydrogen-bond acceptors (Lipinski definition) is 8. The number of sulfonamides is 1. The highest BCUT2D eigenvalue weighted by Gasteiger charge is 2.41. The Morgan fingerprint density at radius 3 is 2.91 bits per heavy atom. The van der Waals surface area contributed by atoms with Crippen molar-refractivity contribution in [1.82, 2.24) is 4.72 Å². The third-order valence-corrected chi connectivity index (χ3v) is 6.79. The van der Waals surface area contributed by atoms with E-state index in [9.17, 15) is 13.2 Å². The molecule has 1 amide bonds. The highest BCUT2D eigenvalue weighted by molar-refractivity contribution is 7.95. The molecule has 0 radical (unpaired) electrons. The number of aliphatic hydroxyl groups excluding tert-OH is 1. The fraction of sp³-hybridized carbons (Fsp3) is 0.762. The maximum atomic E-state index is 11.6. The molecular formula is C21H39B2NO6S3. The van der Waals surface area contributed by atoms with Crippen molar-refractivity contribution in [2.24, 2.45) is 11.8 Å². The van der Waals surface area contributed by atoms with E-state index in [1.54, 1.807) is 0 Å². The monoisotopic (exact) mass is 527 g/mol. The summed E-state index contributed by atoms with van der Waals surface area (Å²) in [6.07, 6.45) is 11.9. The van der Waals surface area contributed by atoms with E-state index < -0.39 is 31.5 Å². The topological polar surface area (TPSA) is 102 Å². The van der Waals surface area contributed by atoms with Gasteiger partial charge >= 0.3 is 0 Å². The predicted octanol–water partition coefficient (Wildman–Crippen LogP) is 1.78. The quantitative estimate of drug-likeness (QED) is 0.107. The summed E-state index contributed by atoms with van der Waals surface area (Å²) in [6.45, 7) is 2.05. The number of unbranched alkanes of at least 4 members (excludes halogenated alkanes) is 1. The molecular weight excluding hydrogens is 480 g/mol. The summed E-state index contributed by atoms with van der Waals surface area (Å²) in [4.78, 5) is 11.6. The third-order valence-electron chi connectivity index (χ3n) is 5.16. The molecule has 1 saturated carbocycles. The molecule has 1 fully saturated rings. The summed E-state index contributed by atoms with van der Waals surface area (Å²) >= 11 is 2.19. The average molecular weight is 527 g/mol. The van der Waals surface area contributed by atoms with Crippen LogP contribution in [0.15, 0.2) is 24.3 Å². The highest BCUT2D eigenvalue weighted by Crippen LogP contribution is 2.39. The second kappa shape index (κ2) is 17.1. The molecule has 0 heterocycles. The Kier molecular flexibility index (Phi) is 11.9. The lowest BCUT2D eigenvalue weighted by molar-refractivity contribution is -0.119. The first kappa shape index (κ1) is 23.0. The van der Waals surface area contributed by atoms with Gasteiger partial charge in [-0.2, -0.15) is 0 Å². The minimum Gasteiger partial charge on any atom is -0.393 e. The summed E-state index contributed by atoms with van der Waals surface area (Å²) in [6, 6.07) is 0. The van der Waals surface area contributed by atoms with Crippen LogP contribution in [0.4, 0.5) is 0 Å². The molecule has 0 aromatic carbocycles. The largest absolute Gasteiger partial charge is 0.393 e. The van der Waals surface area contributed by atoms with Crippen LogP contribution >= 0.6 is 24.1 Å². The van der Waals surface area contributed by atoms with E-state index in [1.807, 2.05) is 35.9 Å².